The molecule has 0 bridgehead atoms. The van der Waals surface area contributed by atoms with Crippen molar-refractivity contribution in [3.8, 4) is 0 Å². The second-order valence-corrected chi connectivity index (χ2v) is 4.88. The van der Waals surface area contributed by atoms with E-state index in [4.69, 9.17) is 5.73 Å². The Hall–Kier alpha value is -2.15. The average molecular weight is 261 g/mol. The van der Waals surface area contributed by atoms with E-state index in [0.717, 1.165) is 10.2 Å². The Balaban J connectivity index is 2.05. The minimum Gasteiger partial charge on any atom is -0.383 e. The van der Waals surface area contributed by atoms with E-state index in [1.165, 1.54) is 15.9 Å². The van der Waals surface area contributed by atoms with Gasteiger partial charge in [-0.3, -0.25) is 4.57 Å². The first-order valence-corrected chi connectivity index (χ1v) is 6.24. The normalized spacial score (nSPS) is 11.2. The second-order valence-electron chi connectivity index (χ2n) is 3.98. The number of nitrogens with two attached hydrogens (primary N) is 1. The quantitative estimate of drug-likeness (QED) is 0.740. The lowest BCUT2D eigenvalue weighted by atomic mass is 10.4. The first-order valence-electron chi connectivity index (χ1n) is 5.36. The molecule has 3 heterocycles. The minimum atomic E-state index is -0.0940. The van der Waals surface area contributed by atoms with Crippen LogP contribution in [0.25, 0.3) is 10.2 Å². The van der Waals surface area contributed by atoms with Crippen molar-refractivity contribution in [1.82, 2.24) is 19.1 Å². The molecule has 0 saturated heterocycles. The number of hydrogen-bond acceptors (Lipinski definition) is 5. The Labute approximate surface area is 106 Å². The summed E-state index contributed by atoms with van der Waals surface area (Å²) >= 11 is 1.51. The Morgan fingerprint density at radius 1 is 1.39 bits per heavy atom. The first-order chi connectivity index (χ1) is 8.65. The van der Waals surface area contributed by atoms with Gasteiger partial charge in [0.2, 0.25) is 0 Å². The number of aryl methyl sites for hydroxylation is 1. The van der Waals surface area contributed by atoms with Crippen molar-refractivity contribution in [2.45, 2.75) is 6.54 Å². The fraction of sp³-hybridized carbons (Fsp3) is 0.182. The van der Waals surface area contributed by atoms with Crippen molar-refractivity contribution in [2.75, 3.05) is 5.73 Å². The van der Waals surface area contributed by atoms with Gasteiger partial charge in [0.15, 0.2) is 5.82 Å². The lowest BCUT2D eigenvalue weighted by Gasteiger charge is -2.02. The van der Waals surface area contributed by atoms with Gasteiger partial charge >= 0.3 is 5.69 Å². The zero-order valence-electron chi connectivity index (χ0n) is 9.70. The predicted octanol–water partition coefficient (Wildman–Crippen LogP) is 0.822. The topological polar surface area (TPSA) is 78.7 Å². The average Bonchev–Trinajstić information content (AvgIpc) is 2.91. The number of hydrogen-bond donors (Lipinski definition) is 1. The summed E-state index contributed by atoms with van der Waals surface area (Å²) in [4.78, 5) is 21.2. The fourth-order valence-corrected chi connectivity index (χ4v) is 2.57. The second kappa shape index (κ2) is 3.95. The van der Waals surface area contributed by atoms with Crippen molar-refractivity contribution < 1.29 is 0 Å². The molecular weight excluding hydrogens is 250 g/mol. The molecule has 0 fully saturated rings. The number of aromatic nitrogens is 4. The summed E-state index contributed by atoms with van der Waals surface area (Å²) in [5, 5.41) is 2.79. The predicted molar refractivity (Wildman–Crippen MR) is 70.6 cm³/mol. The molecule has 2 N–H and O–H groups in total. The van der Waals surface area contributed by atoms with Gasteiger partial charge in [0, 0.05) is 19.4 Å². The maximum absolute atomic E-state index is 11.7. The van der Waals surface area contributed by atoms with Crippen LogP contribution < -0.4 is 11.4 Å². The third kappa shape index (κ3) is 1.68. The molecule has 0 atom stereocenters. The van der Waals surface area contributed by atoms with E-state index in [1.54, 1.807) is 24.0 Å². The standard InChI is InChI=1S/C11H11N5OS/c1-15-3-4-16(11(15)17)6-8-13-9(12)7-2-5-18-10(7)14-8/h2-5H,6H2,1H3,(H2,12,13,14). The summed E-state index contributed by atoms with van der Waals surface area (Å²) in [7, 11) is 1.70. The van der Waals surface area contributed by atoms with Crippen molar-refractivity contribution in [3.63, 3.8) is 0 Å². The minimum absolute atomic E-state index is 0.0940. The lowest BCUT2D eigenvalue weighted by molar-refractivity contribution is 0.691. The molecule has 0 spiro atoms. The SMILES string of the molecule is Cn1ccn(Cc2nc(N)c3ccsc3n2)c1=O. The molecule has 0 aliphatic rings. The molecule has 3 aromatic heterocycles. The van der Waals surface area contributed by atoms with E-state index in [-0.39, 0.29) is 5.69 Å². The highest BCUT2D eigenvalue weighted by Gasteiger charge is 2.08. The van der Waals surface area contributed by atoms with Crippen molar-refractivity contribution in [2.24, 2.45) is 7.05 Å². The summed E-state index contributed by atoms with van der Waals surface area (Å²) in [5.41, 5.74) is 5.77. The van der Waals surface area contributed by atoms with Crippen molar-refractivity contribution >= 4 is 27.4 Å². The van der Waals surface area contributed by atoms with E-state index in [2.05, 4.69) is 9.97 Å². The third-order valence-corrected chi connectivity index (χ3v) is 3.54. The molecule has 0 radical (unpaired) electrons. The monoisotopic (exact) mass is 261 g/mol. The molecule has 0 aliphatic carbocycles. The molecule has 0 aromatic carbocycles. The van der Waals surface area contributed by atoms with Crippen LogP contribution >= 0.6 is 11.3 Å². The Kier molecular flexibility index (Phi) is 2.41. The largest absolute Gasteiger partial charge is 0.383 e. The molecular formula is C11H11N5OS. The molecule has 7 heteroatoms. The van der Waals surface area contributed by atoms with E-state index in [9.17, 15) is 4.79 Å². The van der Waals surface area contributed by atoms with Gasteiger partial charge in [-0.2, -0.15) is 0 Å². The van der Waals surface area contributed by atoms with E-state index in [0.29, 0.717) is 18.2 Å². The van der Waals surface area contributed by atoms with Gasteiger partial charge < -0.3 is 10.3 Å². The number of rotatable bonds is 2. The van der Waals surface area contributed by atoms with E-state index >= 15 is 0 Å². The molecule has 0 aliphatic heterocycles. The van der Waals surface area contributed by atoms with Crippen LogP contribution in [0.4, 0.5) is 5.82 Å². The van der Waals surface area contributed by atoms with E-state index in [1.807, 2.05) is 11.4 Å². The van der Waals surface area contributed by atoms with Crippen molar-refractivity contribution in [1.29, 1.82) is 0 Å². The highest BCUT2D eigenvalue weighted by molar-refractivity contribution is 7.16. The van der Waals surface area contributed by atoms with Crippen LogP contribution in [-0.4, -0.2) is 19.1 Å². The summed E-state index contributed by atoms with van der Waals surface area (Å²) < 4.78 is 3.06. The molecule has 92 valence electrons. The van der Waals surface area contributed by atoms with Crippen LogP contribution in [0.5, 0.6) is 0 Å². The van der Waals surface area contributed by atoms with Crippen molar-refractivity contribution in [3.05, 3.63) is 40.1 Å². The fourth-order valence-electron chi connectivity index (χ4n) is 1.78. The number of thiophene rings is 1. The molecule has 0 amide bonds. The molecule has 3 rings (SSSR count). The Morgan fingerprint density at radius 3 is 2.94 bits per heavy atom. The van der Waals surface area contributed by atoms with Crippen LogP contribution in [0.1, 0.15) is 5.82 Å². The van der Waals surface area contributed by atoms with Gasteiger partial charge in [-0.15, -0.1) is 11.3 Å². The summed E-state index contributed by atoms with van der Waals surface area (Å²) in [5.74, 6) is 1.01. The number of nitrogen functional groups attached to an aromatic ring is 1. The molecule has 6 nitrogen and oxygen atoms in total. The highest BCUT2D eigenvalue weighted by atomic mass is 32.1. The van der Waals surface area contributed by atoms with Crippen LogP contribution in [0.3, 0.4) is 0 Å². The van der Waals surface area contributed by atoms with Gasteiger partial charge in [0.25, 0.3) is 0 Å². The molecule has 3 aromatic rings. The van der Waals surface area contributed by atoms with Crippen LogP contribution in [0.15, 0.2) is 28.6 Å². The smallest absolute Gasteiger partial charge is 0.328 e. The highest BCUT2D eigenvalue weighted by Crippen LogP contribution is 2.22. The molecule has 0 saturated carbocycles. The number of imidazole rings is 1. The Morgan fingerprint density at radius 2 is 2.22 bits per heavy atom. The third-order valence-electron chi connectivity index (χ3n) is 2.73. The maximum atomic E-state index is 11.7. The van der Waals surface area contributed by atoms with E-state index < -0.39 is 0 Å². The van der Waals surface area contributed by atoms with Crippen LogP contribution in [-0.2, 0) is 13.6 Å². The van der Waals surface area contributed by atoms with Gasteiger partial charge in [-0.1, -0.05) is 0 Å². The summed E-state index contributed by atoms with van der Waals surface area (Å²) in [6, 6.07) is 1.90. The number of fused-ring (bicyclic) bond motifs is 1. The molecule has 0 unspecified atom stereocenters. The number of nitrogens with zero attached hydrogens (tertiary/aromatic N) is 4. The summed E-state index contributed by atoms with van der Waals surface area (Å²) in [6.45, 7) is 0.331. The summed E-state index contributed by atoms with van der Waals surface area (Å²) in [6.07, 6.45) is 3.41. The van der Waals surface area contributed by atoms with Crippen LogP contribution in [0.2, 0.25) is 0 Å². The Bertz CT molecular complexity index is 769. The van der Waals surface area contributed by atoms with Gasteiger partial charge in [0.05, 0.1) is 11.9 Å². The van der Waals surface area contributed by atoms with Gasteiger partial charge in [0.1, 0.15) is 10.6 Å². The zero-order valence-corrected chi connectivity index (χ0v) is 10.5. The van der Waals surface area contributed by atoms with Gasteiger partial charge in [-0.05, 0) is 11.4 Å². The zero-order chi connectivity index (χ0) is 12.7. The first kappa shape index (κ1) is 11.0. The van der Waals surface area contributed by atoms with Gasteiger partial charge in [-0.25, -0.2) is 14.8 Å². The van der Waals surface area contributed by atoms with Crippen LogP contribution in [0, 0.1) is 0 Å². The lowest BCUT2D eigenvalue weighted by Crippen LogP contribution is -2.23. The number of anilines is 1. The maximum Gasteiger partial charge on any atom is 0.328 e. The molecule has 18 heavy (non-hydrogen) atoms.